The van der Waals surface area contributed by atoms with Gasteiger partial charge >= 0.3 is 0 Å². The Morgan fingerprint density at radius 3 is 2.80 bits per heavy atom. The quantitative estimate of drug-likeness (QED) is 0.728. The third-order valence-corrected chi connectivity index (χ3v) is 6.98. The van der Waals surface area contributed by atoms with Crippen LogP contribution < -0.4 is 10.6 Å². The van der Waals surface area contributed by atoms with Crippen molar-refractivity contribution in [2.24, 2.45) is 0 Å². The minimum Gasteiger partial charge on any atom is -0.341 e. The van der Waals surface area contributed by atoms with Crippen LogP contribution in [0, 0.1) is 6.92 Å². The topological polar surface area (TPSA) is 83.0 Å². The molecule has 4 heterocycles. The maximum atomic E-state index is 13.0. The first-order chi connectivity index (χ1) is 14.5. The van der Waals surface area contributed by atoms with Crippen LogP contribution in [0.5, 0.6) is 0 Å². The van der Waals surface area contributed by atoms with Crippen LogP contribution in [0.25, 0.3) is 0 Å². The third-order valence-electron chi connectivity index (χ3n) is 6.15. The molecule has 0 aliphatic carbocycles. The van der Waals surface area contributed by atoms with Gasteiger partial charge in [0.1, 0.15) is 11.6 Å². The van der Waals surface area contributed by atoms with Crippen LogP contribution in [0.15, 0.2) is 12.3 Å². The van der Waals surface area contributed by atoms with Crippen molar-refractivity contribution in [2.75, 3.05) is 25.0 Å². The van der Waals surface area contributed by atoms with Crippen LogP contribution in [0.2, 0.25) is 0 Å². The fraction of sp³-hybridized carbons (Fsp3) is 0.636. The summed E-state index contributed by atoms with van der Waals surface area (Å²) in [6.07, 6.45) is 7.67. The lowest BCUT2D eigenvalue weighted by molar-refractivity contribution is -0.138. The first-order valence-corrected chi connectivity index (χ1v) is 11.9. The van der Waals surface area contributed by atoms with E-state index in [1.54, 1.807) is 11.3 Å². The zero-order valence-electron chi connectivity index (χ0n) is 18.2. The minimum atomic E-state index is -0.382. The Kier molecular flexibility index (Phi) is 6.34. The van der Waals surface area contributed by atoms with Crippen molar-refractivity contribution in [3.8, 4) is 0 Å². The fourth-order valence-electron chi connectivity index (χ4n) is 4.44. The third kappa shape index (κ3) is 4.64. The molecular formula is C22H32N6OS. The lowest BCUT2D eigenvalue weighted by atomic mass is 9.92. The summed E-state index contributed by atoms with van der Waals surface area (Å²) >= 11 is 1.63. The number of aryl methyl sites for hydroxylation is 2. The van der Waals surface area contributed by atoms with Crippen LogP contribution >= 0.6 is 11.3 Å². The standard InChI is InChI=1S/C22H32N6OS/c1-4-6-17-13-18(27-21-23-14-15(2)30-21)26-19(25-17)16-7-11-28(12-8-16)20(29)22(3)9-5-10-24-22/h13-14,16,24H,4-12H2,1-3H3,(H,23,25,26,27)/t22-/m0/s1. The lowest BCUT2D eigenvalue weighted by Gasteiger charge is -2.36. The van der Waals surface area contributed by atoms with E-state index in [0.29, 0.717) is 0 Å². The monoisotopic (exact) mass is 428 g/mol. The normalized spacial score (nSPS) is 22.4. The smallest absolute Gasteiger partial charge is 0.242 e. The Hall–Kier alpha value is -2.06. The summed E-state index contributed by atoms with van der Waals surface area (Å²) in [5.41, 5.74) is 0.687. The molecule has 8 heteroatoms. The van der Waals surface area contributed by atoms with E-state index in [9.17, 15) is 4.79 Å². The van der Waals surface area contributed by atoms with Gasteiger partial charge in [0.15, 0.2) is 5.13 Å². The highest BCUT2D eigenvalue weighted by Gasteiger charge is 2.40. The molecule has 2 aliphatic rings. The molecule has 2 aromatic rings. The van der Waals surface area contributed by atoms with Gasteiger partial charge < -0.3 is 15.5 Å². The van der Waals surface area contributed by atoms with Crippen molar-refractivity contribution >= 4 is 28.2 Å². The van der Waals surface area contributed by atoms with E-state index in [-0.39, 0.29) is 17.4 Å². The first kappa shape index (κ1) is 21.2. The number of nitrogens with zero attached hydrogens (tertiary/aromatic N) is 4. The second-order valence-corrected chi connectivity index (χ2v) is 9.92. The summed E-state index contributed by atoms with van der Waals surface area (Å²) in [5, 5.41) is 7.61. The molecule has 2 aromatic heterocycles. The van der Waals surface area contributed by atoms with Crippen molar-refractivity contribution in [3.05, 3.63) is 28.7 Å². The summed E-state index contributed by atoms with van der Waals surface area (Å²) in [6.45, 7) is 8.75. The zero-order chi connectivity index (χ0) is 21.1. The van der Waals surface area contributed by atoms with Gasteiger partial charge in [-0.3, -0.25) is 4.79 Å². The molecule has 1 amide bonds. The van der Waals surface area contributed by atoms with E-state index in [1.807, 2.05) is 31.0 Å². The van der Waals surface area contributed by atoms with E-state index in [4.69, 9.17) is 9.97 Å². The zero-order valence-corrected chi connectivity index (χ0v) is 19.0. The number of nitrogens with one attached hydrogen (secondary N) is 2. The highest BCUT2D eigenvalue weighted by atomic mass is 32.1. The molecule has 2 aliphatic heterocycles. The van der Waals surface area contributed by atoms with Gasteiger partial charge in [-0.05, 0) is 52.5 Å². The molecule has 0 unspecified atom stereocenters. The predicted molar refractivity (Wildman–Crippen MR) is 120 cm³/mol. The molecule has 1 atom stereocenters. The number of carbonyl (C=O) groups excluding carboxylic acids is 1. The van der Waals surface area contributed by atoms with Crippen LogP contribution in [0.1, 0.15) is 68.3 Å². The summed E-state index contributed by atoms with van der Waals surface area (Å²) in [5.74, 6) is 2.25. The van der Waals surface area contributed by atoms with Gasteiger partial charge in [-0.2, -0.15) is 0 Å². The fourth-order valence-corrected chi connectivity index (χ4v) is 5.11. The average molecular weight is 429 g/mol. The molecule has 2 saturated heterocycles. The predicted octanol–water partition coefficient (Wildman–Crippen LogP) is 3.79. The number of amides is 1. The van der Waals surface area contributed by atoms with E-state index < -0.39 is 0 Å². The number of hydrogen-bond acceptors (Lipinski definition) is 7. The van der Waals surface area contributed by atoms with Gasteiger partial charge in [0.05, 0.1) is 5.54 Å². The van der Waals surface area contributed by atoms with E-state index in [1.165, 1.54) is 4.88 Å². The molecular weight excluding hydrogens is 396 g/mol. The number of anilines is 2. The number of aromatic nitrogens is 3. The second kappa shape index (κ2) is 8.98. The number of hydrogen-bond donors (Lipinski definition) is 2. The van der Waals surface area contributed by atoms with Crippen LogP contribution in [-0.2, 0) is 11.2 Å². The lowest BCUT2D eigenvalue weighted by Crippen LogP contribution is -2.54. The summed E-state index contributed by atoms with van der Waals surface area (Å²) < 4.78 is 0. The summed E-state index contributed by atoms with van der Waals surface area (Å²) in [7, 11) is 0. The van der Waals surface area contributed by atoms with Crippen molar-refractivity contribution < 1.29 is 4.79 Å². The van der Waals surface area contributed by atoms with Crippen molar-refractivity contribution in [2.45, 2.75) is 70.8 Å². The van der Waals surface area contributed by atoms with Crippen LogP contribution in [0.3, 0.4) is 0 Å². The number of thiazole rings is 1. The minimum absolute atomic E-state index is 0.251. The average Bonchev–Trinajstić information content (AvgIpc) is 3.36. The van der Waals surface area contributed by atoms with E-state index >= 15 is 0 Å². The number of likely N-dealkylation sites (tertiary alicyclic amines) is 1. The molecule has 4 rings (SSSR count). The number of piperidine rings is 1. The van der Waals surface area contributed by atoms with Gasteiger partial charge in [0, 0.05) is 41.8 Å². The highest BCUT2D eigenvalue weighted by molar-refractivity contribution is 7.15. The van der Waals surface area contributed by atoms with Crippen molar-refractivity contribution in [3.63, 3.8) is 0 Å². The molecule has 7 nitrogen and oxygen atoms in total. The van der Waals surface area contributed by atoms with Crippen LogP contribution in [0.4, 0.5) is 10.9 Å². The molecule has 0 bridgehead atoms. The number of rotatable bonds is 6. The maximum Gasteiger partial charge on any atom is 0.242 e. The molecule has 0 aromatic carbocycles. The number of carbonyl (C=O) groups is 1. The molecule has 162 valence electrons. The van der Waals surface area contributed by atoms with Gasteiger partial charge in [-0.15, -0.1) is 11.3 Å². The molecule has 0 radical (unpaired) electrons. The van der Waals surface area contributed by atoms with Gasteiger partial charge in [0.25, 0.3) is 0 Å². The Bertz CT molecular complexity index is 884. The molecule has 30 heavy (non-hydrogen) atoms. The van der Waals surface area contributed by atoms with Crippen LogP contribution in [-0.4, -0.2) is 50.9 Å². The Balaban J connectivity index is 1.46. The SMILES string of the molecule is CCCc1cc(Nc2ncc(C)s2)nc(C2CCN(C(=O)[C@]3(C)CCCN3)CC2)n1. The van der Waals surface area contributed by atoms with Crippen molar-refractivity contribution in [1.29, 1.82) is 0 Å². The Morgan fingerprint density at radius 1 is 1.37 bits per heavy atom. The molecule has 2 N–H and O–H groups in total. The van der Waals surface area contributed by atoms with E-state index in [0.717, 1.165) is 80.6 Å². The Labute approximate surface area is 182 Å². The molecule has 0 spiro atoms. The Morgan fingerprint density at radius 2 is 2.17 bits per heavy atom. The largest absolute Gasteiger partial charge is 0.341 e. The first-order valence-electron chi connectivity index (χ1n) is 11.1. The van der Waals surface area contributed by atoms with Gasteiger partial charge in [-0.1, -0.05) is 13.3 Å². The molecule has 2 fully saturated rings. The molecule has 0 saturated carbocycles. The maximum absolute atomic E-state index is 13.0. The van der Waals surface area contributed by atoms with Gasteiger partial charge in [-0.25, -0.2) is 15.0 Å². The highest BCUT2D eigenvalue weighted by Crippen LogP contribution is 2.30. The summed E-state index contributed by atoms with van der Waals surface area (Å²) in [4.78, 5) is 30.3. The van der Waals surface area contributed by atoms with Gasteiger partial charge in [0.2, 0.25) is 5.91 Å². The summed E-state index contributed by atoms with van der Waals surface area (Å²) in [6, 6.07) is 2.04. The van der Waals surface area contributed by atoms with Crippen molar-refractivity contribution in [1.82, 2.24) is 25.2 Å². The van der Waals surface area contributed by atoms with E-state index in [2.05, 4.69) is 22.5 Å². The second-order valence-electron chi connectivity index (χ2n) is 8.68.